The maximum Gasteiger partial charge on any atom is 0.267 e. The van der Waals surface area contributed by atoms with Crippen LogP contribution in [0.15, 0.2) is 65.5 Å². The first kappa shape index (κ1) is 18.9. The molecule has 0 atom stereocenters. The average molecular weight is 433 g/mol. The van der Waals surface area contributed by atoms with E-state index in [1.165, 1.54) is 0 Å². The monoisotopic (exact) mass is 433 g/mol. The fraction of sp³-hybridized carbons (Fsp3) is 0. The topological polar surface area (TPSA) is 145 Å². The lowest BCUT2D eigenvalue weighted by molar-refractivity contribution is 0.0989. The molecule has 0 saturated carbocycles. The minimum absolute atomic E-state index is 0.133. The lowest BCUT2D eigenvalue weighted by atomic mass is 10.0. The molecule has 0 aliphatic carbocycles. The van der Waals surface area contributed by atoms with Crippen molar-refractivity contribution in [2.45, 2.75) is 0 Å². The van der Waals surface area contributed by atoms with Crippen molar-refractivity contribution in [2.24, 2.45) is 11.5 Å². The predicted octanol–water partition coefficient (Wildman–Crippen LogP) is 3.13. The molecule has 8 heteroatoms. The minimum Gasteiger partial charge on any atom is -0.366 e. The fourth-order valence-corrected chi connectivity index (χ4v) is 4.29. The van der Waals surface area contributed by atoms with Crippen LogP contribution in [0.25, 0.3) is 54.5 Å². The number of H-pyrrole nitrogens is 1. The molecule has 3 aromatic heterocycles. The summed E-state index contributed by atoms with van der Waals surface area (Å²) in [4.78, 5) is 49.1. The molecule has 5 N–H and O–H groups in total. The maximum atomic E-state index is 13.4. The number of fused-ring (bicyclic) bond motifs is 7. The molecule has 0 aliphatic heterocycles. The minimum atomic E-state index is -0.634. The summed E-state index contributed by atoms with van der Waals surface area (Å²) < 4.78 is 0. The molecule has 158 valence electrons. The number of carbonyl (C=O) groups is 2. The van der Waals surface area contributed by atoms with Crippen LogP contribution in [0.3, 0.4) is 0 Å². The van der Waals surface area contributed by atoms with Crippen molar-refractivity contribution < 1.29 is 9.59 Å². The summed E-state index contributed by atoms with van der Waals surface area (Å²) in [7, 11) is 0. The highest BCUT2D eigenvalue weighted by atomic mass is 16.1. The van der Waals surface area contributed by atoms with E-state index >= 15 is 0 Å². The molecule has 0 aliphatic rings. The summed E-state index contributed by atoms with van der Waals surface area (Å²) in [6.07, 6.45) is 0. The molecule has 3 heterocycles. The van der Waals surface area contributed by atoms with Gasteiger partial charge >= 0.3 is 0 Å². The van der Waals surface area contributed by atoms with Gasteiger partial charge in [0.2, 0.25) is 5.91 Å². The van der Waals surface area contributed by atoms with Crippen molar-refractivity contribution in [3.8, 4) is 0 Å². The van der Waals surface area contributed by atoms with E-state index in [9.17, 15) is 14.4 Å². The Morgan fingerprint density at radius 1 is 0.697 bits per heavy atom. The zero-order valence-electron chi connectivity index (χ0n) is 17.0. The molecule has 3 aromatic carbocycles. The van der Waals surface area contributed by atoms with E-state index in [0.29, 0.717) is 49.3 Å². The number of carbonyl (C=O) groups excluding carboxylic acids is 2. The first-order chi connectivity index (χ1) is 15.9. The van der Waals surface area contributed by atoms with Crippen LogP contribution in [0.4, 0.5) is 0 Å². The third-order valence-corrected chi connectivity index (χ3v) is 5.94. The number of rotatable bonds is 2. The first-order valence-electron chi connectivity index (χ1n) is 10.1. The molecule has 0 unspecified atom stereocenters. The first-order valence-corrected chi connectivity index (χ1v) is 10.1. The number of nitrogens with zero attached hydrogens (tertiary/aromatic N) is 2. The third kappa shape index (κ3) is 2.74. The van der Waals surface area contributed by atoms with E-state index in [0.717, 1.165) is 10.8 Å². The normalized spacial score (nSPS) is 11.6. The SMILES string of the molecule is NC(=O)c1ccc2ccc3c(=O)c4cc5ccc6ccc(C(N)=O)nc6c5nc4[nH]c3c2c1. The molecule has 6 aromatic rings. The zero-order chi connectivity index (χ0) is 22.9. The van der Waals surface area contributed by atoms with Crippen LogP contribution < -0.4 is 16.9 Å². The Kier molecular flexibility index (Phi) is 3.76. The number of hydrogen-bond acceptors (Lipinski definition) is 5. The second kappa shape index (κ2) is 6.57. The number of pyridine rings is 3. The molecular formula is C25H15N5O3. The van der Waals surface area contributed by atoms with Gasteiger partial charge in [-0.3, -0.25) is 14.4 Å². The van der Waals surface area contributed by atoms with Gasteiger partial charge in [0.1, 0.15) is 11.3 Å². The lowest BCUT2D eigenvalue weighted by Gasteiger charge is -2.09. The van der Waals surface area contributed by atoms with E-state index < -0.39 is 11.8 Å². The van der Waals surface area contributed by atoms with Gasteiger partial charge in [-0.15, -0.1) is 0 Å². The smallest absolute Gasteiger partial charge is 0.267 e. The molecule has 0 bridgehead atoms. The van der Waals surface area contributed by atoms with Crippen molar-refractivity contribution in [1.82, 2.24) is 15.0 Å². The van der Waals surface area contributed by atoms with Crippen molar-refractivity contribution in [1.29, 1.82) is 0 Å². The highest BCUT2D eigenvalue weighted by Crippen LogP contribution is 2.28. The van der Waals surface area contributed by atoms with Gasteiger partial charge in [-0.1, -0.05) is 30.3 Å². The summed E-state index contributed by atoms with van der Waals surface area (Å²) in [5, 5.41) is 3.95. The Bertz CT molecular complexity index is 1900. The molecular weight excluding hydrogens is 418 g/mol. The Morgan fingerprint density at radius 3 is 2.18 bits per heavy atom. The van der Waals surface area contributed by atoms with Gasteiger partial charge in [0.25, 0.3) is 5.91 Å². The summed E-state index contributed by atoms with van der Waals surface area (Å²) in [5.41, 5.74) is 13.1. The largest absolute Gasteiger partial charge is 0.366 e. The van der Waals surface area contributed by atoms with Gasteiger partial charge in [0, 0.05) is 27.1 Å². The van der Waals surface area contributed by atoms with Crippen LogP contribution in [0.5, 0.6) is 0 Å². The van der Waals surface area contributed by atoms with Gasteiger partial charge in [-0.2, -0.15) is 0 Å². The van der Waals surface area contributed by atoms with Gasteiger partial charge in [0.05, 0.1) is 21.9 Å². The van der Waals surface area contributed by atoms with Crippen molar-refractivity contribution >= 4 is 66.3 Å². The number of nitrogens with one attached hydrogen (secondary N) is 1. The van der Waals surface area contributed by atoms with E-state index in [2.05, 4.69) is 9.97 Å². The van der Waals surface area contributed by atoms with E-state index in [4.69, 9.17) is 16.5 Å². The van der Waals surface area contributed by atoms with Crippen LogP contribution in [0.2, 0.25) is 0 Å². The Balaban J connectivity index is 1.76. The number of aromatic amines is 1. The van der Waals surface area contributed by atoms with Gasteiger partial charge in [0.15, 0.2) is 5.43 Å². The standard InChI is InChI=1S/C25H15N5O3/c26-23(32)14-4-1-11-5-7-15-21(16(11)10-14)30-25-17(22(15)31)9-13-3-2-12-6-8-18(24(27)33)28-19(12)20(13)29-25/h1-10H,(H2,26,32)(H2,27,33)(H,29,30,31). The Labute approximate surface area is 184 Å². The quantitative estimate of drug-likeness (QED) is 0.284. The number of primary amides is 2. The fourth-order valence-electron chi connectivity index (χ4n) is 4.29. The van der Waals surface area contributed by atoms with E-state index in [-0.39, 0.29) is 11.1 Å². The van der Waals surface area contributed by atoms with Crippen LogP contribution in [-0.4, -0.2) is 26.8 Å². The highest BCUT2D eigenvalue weighted by Gasteiger charge is 2.14. The average Bonchev–Trinajstić information content (AvgIpc) is 2.82. The summed E-state index contributed by atoms with van der Waals surface area (Å²) in [5.74, 6) is -1.19. The second-order valence-corrected chi connectivity index (χ2v) is 7.90. The van der Waals surface area contributed by atoms with Crippen LogP contribution in [-0.2, 0) is 0 Å². The summed E-state index contributed by atoms with van der Waals surface area (Å²) >= 11 is 0. The number of nitrogens with two attached hydrogens (primary N) is 2. The van der Waals surface area contributed by atoms with Gasteiger partial charge in [-0.25, -0.2) is 9.97 Å². The molecule has 2 amide bonds. The van der Waals surface area contributed by atoms with Gasteiger partial charge < -0.3 is 16.5 Å². The summed E-state index contributed by atoms with van der Waals surface area (Å²) in [6, 6.07) is 17.5. The number of amides is 2. The van der Waals surface area contributed by atoms with E-state index in [1.807, 2.05) is 18.2 Å². The van der Waals surface area contributed by atoms with Gasteiger partial charge in [-0.05, 0) is 35.7 Å². The molecule has 8 nitrogen and oxygen atoms in total. The third-order valence-electron chi connectivity index (χ3n) is 5.94. The van der Waals surface area contributed by atoms with Crippen molar-refractivity contribution in [3.63, 3.8) is 0 Å². The molecule has 33 heavy (non-hydrogen) atoms. The molecule has 0 radical (unpaired) electrons. The van der Waals surface area contributed by atoms with Crippen LogP contribution in [0.1, 0.15) is 20.8 Å². The molecule has 0 spiro atoms. The maximum absolute atomic E-state index is 13.4. The molecule has 6 rings (SSSR count). The molecule has 0 fully saturated rings. The van der Waals surface area contributed by atoms with Crippen molar-refractivity contribution in [3.05, 3.63) is 82.1 Å². The predicted molar refractivity (Wildman–Crippen MR) is 127 cm³/mol. The number of benzene rings is 3. The molecule has 0 saturated heterocycles. The van der Waals surface area contributed by atoms with E-state index in [1.54, 1.807) is 42.5 Å². The second-order valence-electron chi connectivity index (χ2n) is 7.90. The number of aromatic nitrogens is 3. The van der Waals surface area contributed by atoms with Crippen LogP contribution in [0, 0.1) is 0 Å². The van der Waals surface area contributed by atoms with Crippen molar-refractivity contribution in [2.75, 3.05) is 0 Å². The Morgan fingerprint density at radius 2 is 1.39 bits per heavy atom. The highest BCUT2D eigenvalue weighted by molar-refractivity contribution is 6.12. The van der Waals surface area contributed by atoms with Crippen LogP contribution >= 0.6 is 0 Å². The number of hydrogen-bond donors (Lipinski definition) is 3. The zero-order valence-corrected chi connectivity index (χ0v) is 17.0. The Hall–Kier alpha value is -4.85. The summed E-state index contributed by atoms with van der Waals surface area (Å²) in [6.45, 7) is 0. The lowest BCUT2D eigenvalue weighted by Crippen LogP contribution is -2.13.